The van der Waals surface area contributed by atoms with Gasteiger partial charge in [-0.1, -0.05) is 18.2 Å². The number of carboxylic acid groups (broad SMARTS) is 1. The van der Waals surface area contributed by atoms with Crippen LogP contribution in [0.2, 0.25) is 0 Å². The van der Waals surface area contributed by atoms with E-state index in [0.29, 0.717) is 18.9 Å². The number of aromatic nitrogens is 2. The van der Waals surface area contributed by atoms with E-state index in [1.807, 2.05) is 0 Å². The van der Waals surface area contributed by atoms with Crippen molar-refractivity contribution in [3.05, 3.63) is 53.1 Å². The van der Waals surface area contributed by atoms with E-state index in [0.717, 1.165) is 18.9 Å². The third-order valence-electron chi connectivity index (χ3n) is 4.56. The molecule has 1 aliphatic heterocycles. The Bertz CT molecular complexity index is 815. The molecule has 1 aromatic heterocycles. The number of ether oxygens (including phenoxy) is 1. The molecule has 1 aliphatic rings. The Morgan fingerprint density at radius 3 is 2.69 bits per heavy atom. The molecular weight excluding hydrogens is 341 g/mol. The topological polar surface area (TPSA) is 93.5 Å². The number of nitrogens with one attached hydrogen (secondary N) is 1. The lowest BCUT2D eigenvalue weighted by Crippen LogP contribution is -2.34. The van der Waals surface area contributed by atoms with Crippen LogP contribution in [0.3, 0.4) is 0 Å². The molecule has 1 fully saturated rings. The summed E-state index contributed by atoms with van der Waals surface area (Å²) in [5, 5.41) is 16.1. The maximum atomic E-state index is 13.9. The quantitative estimate of drug-likeness (QED) is 0.852. The molecule has 3 rings (SSSR count). The number of carboxylic acids is 1. The number of halogens is 1. The van der Waals surface area contributed by atoms with Crippen molar-refractivity contribution in [3.63, 3.8) is 0 Å². The summed E-state index contributed by atoms with van der Waals surface area (Å²) in [6.45, 7) is 3.04. The van der Waals surface area contributed by atoms with Crippen molar-refractivity contribution < 1.29 is 23.8 Å². The van der Waals surface area contributed by atoms with Gasteiger partial charge in [0.15, 0.2) is 6.04 Å². The van der Waals surface area contributed by atoms with Crippen LogP contribution in [0.15, 0.2) is 30.5 Å². The van der Waals surface area contributed by atoms with Crippen molar-refractivity contribution in [1.29, 1.82) is 0 Å². The van der Waals surface area contributed by atoms with Gasteiger partial charge < -0.3 is 15.2 Å². The molecule has 1 unspecified atom stereocenters. The van der Waals surface area contributed by atoms with E-state index in [9.17, 15) is 19.1 Å². The third kappa shape index (κ3) is 3.60. The molecule has 1 amide bonds. The Morgan fingerprint density at radius 2 is 2.04 bits per heavy atom. The van der Waals surface area contributed by atoms with E-state index in [1.165, 1.54) is 24.4 Å². The summed E-state index contributed by atoms with van der Waals surface area (Å²) in [7, 11) is 0. The predicted molar refractivity (Wildman–Crippen MR) is 90.3 cm³/mol. The Labute approximate surface area is 149 Å². The van der Waals surface area contributed by atoms with Crippen LogP contribution in [0, 0.1) is 12.7 Å². The van der Waals surface area contributed by atoms with Gasteiger partial charge in [-0.15, -0.1) is 0 Å². The van der Waals surface area contributed by atoms with Crippen molar-refractivity contribution in [3.8, 4) is 0 Å². The van der Waals surface area contributed by atoms with Crippen molar-refractivity contribution in [2.75, 3.05) is 13.2 Å². The zero-order chi connectivity index (χ0) is 18.7. The molecule has 7 nitrogen and oxygen atoms in total. The van der Waals surface area contributed by atoms with Crippen LogP contribution < -0.4 is 5.32 Å². The highest BCUT2D eigenvalue weighted by molar-refractivity contribution is 5.97. The van der Waals surface area contributed by atoms with Gasteiger partial charge in [0.2, 0.25) is 0 Å². The van der Waals surface area contributed by atoms with Gasteiger partial charge in [0.25, 0.3) is 5.91 Å². The molecule has 2 aromatic rings. The fourth-order valence-corrected chi connectivity index (χ4v) is 3.13. The molecule has 0 radical (unpaired) electrons. The monoisotopic (exact) mass is 361 g/mol. The normalized spacial score (nSPS) is 16.2. The van der Waals surface area contributed by atoms with Gasteiger partial charge in [0.1, 0.15) is 5.82 Å². The summed E-state index contributed by atoms with van der Waals surface area (Å²) in [5.74, 6) is -2.62. The molecule has 0 saturated carbocycles. The van der Waals surface area contributed by atoms with E-state index in [1.54, 1.807) is 11.6 Å². The molecule has 1 atom stereocenters. The fraction of sp³-hybridized carbons (Fsp3) is 0.389. The lowest BCUT2D eigenvalue weighted by Gasteiger charge is -2.23. The van der Waals surface area contributed by atoms with Gasteiger partial charge in [-0.25, -0.2) is 9.18 Å². The second-order valence-corrected chi connectivity index (χ2v) is 6.20. The molecule has 26 heavy (non-hydrogen) atoms. The minimum atomic E-state index is -1.48. The maximum absolute atomic E-state index is 13.9. The number of nitrogens with zero attached hydrogens (tertiary/aromatic N) is 2. The first-order valence-corrected chi connectivity index (χ1v) is 8.39. The van der Waals surface area contributed by atoms with Crippen LogP contribution >= 0.6 is 0 Å². The summed E-state index contributed by atoms with van der Waals surface area (Å²) < 4.78 is 21.0. The Kier molecular flexibility index (Phi) is 5.32. The van der Waals surface area contributed by atoms with Crippen LogP contribution in [0.25, 0.3) is 0 Å². The number of carbonyl (C=O) groups excluding carboxylic acids is 1. The molecular formula is C18H20FN3O4. The molecule has 2 N–H and O–H groups in total. The predicted octanol–water partition coefficient (Wildman–Crippen LogP) is 2.24. The molecule has 138 valence electrons. The Morgan fingerprint density at radius 1 is 1.35 bits per heavy atom. The zero-order valence-electron chi connectivity index (χ0n) is 14.3. The number of hydrogen-bond acceptors (Lipinski definition) is 4. The van der Waals surface area contributed by atoms with Gasteiger partial charge in [-0.3, -0.25) is 9.48 Å². The highest BCUT2D eigenvalue weighted by Crippen LogP contribution is 2.24. The van der Waals surface area contributed by atoms with Gasteiger partial charge in [-0.2, -0.15) is 5.10 Å². The molecule has 0 aliphatic carbocycles. The maximum Gasteiger partial charge on any atom is 0.331 e. The average Bonchev–Trinajstić information content (AvgIpc) is 3.02. The highest BCUT2D eigenvalue weighted by Gasteiger charge is 2.28. The highest BCUT2D eigenvalue weighted by atomic mass is 19.1. The first kappa shape index (κ1) is 18.1. The molecule has 0 spiro atoms. The fourth-order valence-electron chi connectivity index (χ4n) is 3.13. The van der Waals surface area contributed by atoms with Crippen LogP contribution in [0.1, 0.15) is 46.5 Å². The van der Waals surface area contributed by atoms with E-state index < -0.39 is 23.7 Å². The minimum Gasteiger partial charge on any atom is -0.479 e. The molecule has 2 heterocycles. The van der Waals surface area contributed by atoms with Crippen LogP contribution in [0.4, 0.5) is 4.39 Å². The molecule has 0 bridgehead atoms. The number of amides is 1. The second kappa shape index (κ2) is 7.65. The number of carbonyl (C=O) groups is 2. The lowest BCUT2D eigenvalue weighted by atomic mass is 10.1. The first-order valence-electron chi connectivity index (χ1n) is 8.39. The number of rotatable bonds is 5. The standard InChI is InChI=1S/C18H20FN3O4/c1-11-14(10-20-22(11)12-6-8-26-9-7-12)17(23)21-16(18(24)25)13-4-2-3-5-15(13)19/h2-5,10,12,16H,6-9H2,1H3,(H,21,23)(H,24,25). The number of aliphatic carboxylic acids is 1. The van der Waals surface area contributed by atoms with Crippen molar-refractivity contribution in [2.24, 2.45) is 0 Å². The SMILES string of the molecule is Cc1c(C(=O)NC(C(=O)O)c2ccccc2F)cnn1C1CCOCC1. The van der Waals surface area contributed by atoms with Gasteiger partial charge in [-0.05, 0) is 25.8 Å². The molecule has 1 aromatic carbocycles. The summed E-state index contributed by atoms with van der Waals surface area (Å²) in [6.07, 6.45) is 3.02. The van der Waals surface area contributed by atoms with E-state index in [2.05, 4.69) is 10.4 Å². The van der Waals surface area contributed by atoms with Gasteiger partial charge >= 0.3 is 5.97 Å². The Hall–Kier alpha value is -2.74. The van der Waals surface area contributed by atoms with E-state index >= 15 is 0 Å². The van der Waals surface area contributed by atoms with Crippen LogP contribution in [-0.4, -0.2) is 40.0 Å². The van der Waals surface area contributed by atoms with Gasteiger partial charge in [0, 0.05) is 24.5 Å². The second-order valence-electron chi connectivity index (χ2n) is 6.20. The summed E-state index contributed by atoms with van der Waals surface area (Å²) in [6, 6.07) is 4.15. The number of hydrogen-bond donors (Lipinski definition) is 2. The lowest BCUT2D eigenvalue weighted by molar-refractivity contribution is -0.139. The average molecular weight is 361 g/mol. The van der Waals surface area contributed by atoms with Crippen molar-refractivity contribution in [1.82, 2.24) is 15.1 Å². The van der Waals surface area contributed by atoms with E-state index in [-0.39, 0.29) is 17.2 Å². The first-order chi connectivity index (χ1) is 12.5. The number of benzene rings is 1. The summed E-state index contributed by atoms with van der Waals surface area (Å²) in [5.41, 5.74) is 0.828. The minimum absolute atomic E-state index is 0.0946. The smallest absolute Gasteiger partial charge is 0.331 e. The van der Waals surface area contributed by atoms with Crippen LogP contribution in [0.5, 0.6) is 0 Å². The molecule has 8 heteroatoms. The summed E-state index contributed by atoms with van der Waals surface area (Å²) in [4.78, 5) is 24.1. The zero-order valence-corrected chi connectivity index (χ0v) is 14.3. The summed E-state index contributed by atoms with van der Waals surface area (Å²) >= 11 is 0. The third-order valence-corrected chi connectivity index (χ3v) is 4.56. The Balaban J connectivity index is 1.81. The molecule has 1 saturated heterocycles. The largest absolute Gasteiger partial charge is 0.479 e. The van der Waals surface area contributed by atoms with Crippen molar-refractivity contribution in [2.45, 2.75) is 31.8 Å². The van der Waals surface area contributed by atoms with Crippen LogP contribution in [-0.2, 0) is 9.53 Å². The van der Waals surface area contributed by atoms with Crippen molar-refractivity contribution >= 4 is 11.9 Å². The van der Waals surface area contributed by atoms with E-state index in [4.69, 9.17) is 4.74 Å². The van der Waals surface area contributed by atoms with Gasteiger partial charge in [0.05, 0.1) is 17.8 Å².